The zero-order chi connectivity index (χ0) is 20.2. The average molecular weight is 390 g/mol. The number of sulfonamides is 1. The van der Waals surface area contributed by atoms with Gasteiger partial charge in [-0.2, -0.15) is 0 Å². The van der Waals surface area contributed by atoms with Gasteiger partial charge in [0, 0.05) is 5.69 Å². The monoisotopic (exact) mass is 389 g/mol. The molecule has 0 radical (unpaired) electrons. The third kappa shape index (κ3) is 5.72. The Morgan fingerprint density at radius 1 is 0.963 bits per heavy atom. The minimum atomic E-state index is -3.41. The van der Waals surface area contributed by atoms with Gasteiger partial charge in [0.05, 0.1) is 18.0 Å². The average Bonchev–Trinajstić information content (AvgIpc) is 2.55. The standard InChI is InChI=1S/C20H27N3O3S/c1-13(2)16-11-8-9-14(3)19(16)22-20(24)21-15(4)17-10-6-7-12-18(17)23-27(5,25)26/h6-13,15,23H,1-5H3,(H2,21,22,24). The number of carbonyl (C=O) groups excluding carboxylic acids is 1. The van der Waals surface area contributed by atoms with E-state index < -0.39 is 10.0 Å². The summed E-state index contributed by atoms with van der Waals surface area (Å²) in [6.07, 6.45) is 1.10. The molecule has 0 aromatic heterocycles. The summed E-state index contributed by atoms with van der Waals surface area (Å²) in [7, 11) is -3.41. The van der Waals surface area contributed by atoms with E-state index in [2.05, 4.69) is 29.2 Å². The van der Waals surface area contributed by atoms with Crippen LogP contribution in [0.25, 0.3) is 0 Å². The SMILES string of the molecule is Cc1cccc(C(C)C)c1NC(=O)NC(C)c1ccccc1NS(C)(=O)=O. The van der Waals surface area contributed by atoms with Gasteiger partial charge in [-0.1, -0.05) is 50.2 Å². The number of hydrogen-bond acceptors (Lipinski definition) is 3. The fourth-order valence-corrected chi connectivity index (χ4v) is 3.52. The quantitative estimate of drug-likeness (QED) is 0.685. The molecule has 0 aliphatic rings. The maximum Gasteiger partial charge on any atom is 0.319 e. The molecule has 2 aromatic carbocycles. The lowest BCUT2D eigenvalue weighted by molar-refractivity contribution is 0.249. The van der Waals surface area contributed by atoms with Crippen molar-refractivity contribution in [1.29, 1.82) is 0 Å². The van der Waals surface area contributed by atoms with E-state index in [1.807, 2.05) is 32.0 Å². The van der Waals surface area contributed by atoms with Crippen molar-refractivity contribution in [3.05, 3.63) is 59.2 Å². The van der Waals surface area contributed by atoms with Gasteiger partial charge in [0.25, 0.3) is 0 Å². The fourth-order valence-electron chi connectivity index (χ4n) is 2.93. The maximum atomic E-state index is 12.6. The van der Waals surface area contributed by atoms with Crippen LogP contribution in [-0.4, -0.2) is 20.7 Å². The first-order chi connectivity index (χ1) is 12.6. The topological polar surface area (TPSA) is 87.3 Å². The van der Waals surface area contributed by atoms with E-state index >= 15 is 0 Å². The summed E-state index contributed by atoms with van der Waals surface area (Å²) >= 11 is 0. The van der Waals surface area contributed by atoms with Crippen molar-refractivity contribution in [3.8, 4) is 0 Å². The first-order valence-corrected chi connectivity index (χ1v) is 10.7. The molecule has 0 heterocycles. The molecule has 27 heavy (non-hydrogen) atoms. The zero-order valence-electron chi connectivity index (χ0n) is 16.3. The van der Waals surface area contributed by atoms with Crippen molar-refractivity contribution < 1.29 is 13.2 Å². The van der Waals surface area contributed by atoms with Crippen LogP contribution in [0.2, 0.25) is 0 Å². The largest absolute Gasteiger partial charge is 0.331 e. The van der Waals surface area contributed by atoms with Gasteiger partial charge in [-0.25, -0.2) is 13.2 Å². The molecule has 146 valence electrons. The van der Waals surface area contributed by atoms with Crippen LogP contribution in [-0.2, 0) is 10.0 Å². The van der Waals surface area contributed by atoms with Crippen LogP contribution in [0, 0.1) is 6.92 Å². The van der Waals surface area contributed by atoms with Crippen LogP contribution in [0.5, 0.6) is 0 Å². The fraction of sp³-hybridized carbons (Fsp3) is 0.350. The Kier molecular flexibility index (Phi) is 6.49. The molecular weight excluding hydrogens is 362 g/mol. The number of anilines is 2. The van der Waals surface area contributed by atoms with Crippen molar-refractivity contribution in [2.75, 3.05) is 16.3 Å². The molecule has 2 rings (SSSR count). The Morgan fingerprint density at radius 2 is 1.59 bits per heavy atom. The van der Waals surface area contributed by atoms with Crippen LogP contribution >= 0.6 is 0 Å². The highest BCUT2D eigenvalue weighted by atomic mass is 32.2. The van der Waals surface area contributed by atoms with E-state index in [1.165, 1.54) is 0 Å². The minimum absolute atomic E-state index is 0.275. The van der Waals surface area contributed by atoms with Crippen LogP contribution in [0.4, 0.5) is 16.2 Å². The van der Waals surface area contributed by atoms with Crippen molar-refractivity contribution >= 4 is 27.4 Å². The number of carbonyl (C=O) groups is 1. The van der Waals surface area contributed by atoms with Crippen LogP contribution in [0.1, 0.15) is 49.4 Å². The highest BCUT2D eigenvalue weighted by Crippen LogP contribution is 2.28. The number of aryl methyl sites for hydroxylation is 1. The van der Waals surface area contributed by atoms with E-state index in [0.717, 1.165) is 23.1 Å². The molecule has 2 aromatic rings. The third-order valence-corrected chi connectivity index (χ3v) is 4.83. The summed E-state index contributed by atoms with van der Waals surface area (Å²) in [5.41, 5.74) is 4.00. The Bertz CT molecular complexity index is 924. The normalized spacial score (nSPS) is 12.5. The summed E-state index contributed by atoms with van der Waals surface area (Å²) in [5, 5.41) is 5.82. The Morgan fingerprint density at radius 3 is 2.22 bits per heavy atom. The van der Waals surface area contributed by atoms with Crippen LogP contribution < -0.4 is 15.4 Å². The molecule has 0 saturated heterocycles. The predicted molar refractivity (Wildman–Crippen MR) is 111 cm³/mol. The van der Waals surface area contributed by atoms with E-state index in [0.29, 0.717) is 11.3 Å². The Labute approximate surface area is 161 Å². The second kappa shape index (κ2) is 8.43. The van der Waals surface area contributed by atoms with Crippen molar-refractivity contribution in [3.63, 3.8) is 0 Å². The highest BCUT2D eigenvalue weighted by molar-refractivity contribution is 7.92. The summed E-state index contributed by atoms with van der Waals surface area (Å²) < 4.78 is 25.6. The molecule has 1 unspecified atom stereocenters. The second-order valence-electron chi connectivity index (χ2n) is 6.98. The van der Waals surface area contributed by atoms with Crippen molar-refractivity contribution in [2.45, 2.75) is 39.7 Å². The van der Waals surface area contributed by atoms with E-state index in [4.69, 9.17) is 0 Å². The number of rotatable bonds is 6. The Hall–Kier alpha value is -2.54. The number of benzene rings is 2. The summed E-state index contributed by atoms with van der Waals surface area (Å²) in [6.45, 7) is 7.92. The number of urea groups is 1. The van der Waals surface area contributed by atoms with Gasteiger partial charge in [0.2, 0.25) is 10.0 Å². The minimum Gasteiger partial charge on any atom is -0.331 e. The number of nitrogens with one attached hydrogen (secondary N) is 3. The van der Waals surface area contributed by atoms with E-state index in [1.54, 1.807) is 24.3 Å². The lowest BCUT2D eigenvalue weighted by Gasteiger charge is -2.21. The molecule has 0 aliphatic heterocycles. The van der Waals surface area contributed by atoms with Gasteiger partial charge < -0.3 is 10.6 Å². The van der Waals surface area contributed by atoms with Gasteiger partial charge >= 0.3 is 6.03 Å². The highest BCUT2D eigenvalue weighted by Gasteiger charge is 2.17. The maximum absolute atomic E-state index is 12.6. The predicted octanol–water partition coefficient (Wildman–Crippen LogP) is 4.37. The van der Waals surface area contributed by atoms with Crippen LogP contribution in [0.3, 0.4) is 0 Å². The molecule has 0 bridgehead atoms. The van der Waals surface area contributed by atoms with Gasteiger partial charge in [-0.15, -0.1) is 0 Å². The molecular formula is C20H27N3O3S. The smallest absolute Gasteiger partial charge is 0.319 e. The molecule has 1 atom stereocenters. The Balaban J connectivity index is 2.18. The van der Waals surface area contributed by atoms with E-state index in [9.17, 15) is 13.2 Å². The molecule has 2 amide bonds. The lowest BCUT2D eigenvalue weighted by atomic mass is 9.98. The number of amides is 2. The molecule has 0 fully saturated rings. The zero-order valence-corrected chi connectivity index (χ0v) is 17.1. The van der Waals surface area contributed by atoms with Crippen LogP contribution in [0.15, 0.2) is 42.5 Å². The molecule has 0 aliphatic carbocycles. The first kappa shape index (κ1) is 20.8. The molecule has 0 spiro atoms. The summed E-state index contributed by atoms with van der Waals surface area (Å²) in [6, 6.07) is 12.2. The van der Waals surface area contributed by atoms with E-state index in [-0.39, 0.29) is 18.0 Å². The third-order valence-electron chi connectivity index (χ3n) is 4.24. The summed E-state index contributed by atoms with van der Waals surface area (Å²) in [5.74, 6) is 0.275. The second-order valence-corrected chi connectivity index (χ2v) is 8.72. The molecule has 0 saturated carbocycles. The number of para-hydroxylation sites is 2. The van der Waals surface area contributed by atoms with Gasteiger partial charge in [0.15, 0.2) is 0 Å². The van der Waals surface area contributed by atoms with Gasteiger partial charge in [-0.3, -0.25) is 4.72 Å². The molecule has 7 heteroatoms. The number of hydrogen-bond donors (Lipinski definition) is 3. The van der Waals surface area contributed by atoms with Crippen molar-refractivity contribution in [1.82, 2.24) is 5.32 Å². The summed E-state index contributed by atoms with van der Waals surface area (Å²) in [4.78, 5) is 12.6. The lowest BCUT2D eigenvalue weighted by Crippen LogP contribution is -2.32. The van der Waals surface area contributed by atoms with Gasteiger partial charge in [0.1, 0.15) is 0 Å². The molecule has 3 N–H and O–H groups in total. The first-order valence-electron chi connectivity index (χ1n) is 8.82. The van der Waals surface area contributed by atoms with Gasteiger partial charge in [-0.05, 0) is 42.5 Å². The molecule has 6 nitrogen and oxygen atoms in total. The van der Waals surface area contributed by atoms with Crippen molar-refractivity contribution in [2.24, 2.45) is 0 Å².